The third-order valence-electron chi connectivity index (χ3n) is 10.1. The van der Waals surface area contributed by atoms with Gasteiger partial charge in [0.05, 0.1) is 6.20 Å². The quantitative estimate of drug-likeness (QED) is 0.381. The van der Waals surface area contributed by atoms with Crippen LogP contribution in [-0.2, 0) is 0 Å². The molecule has 3 aliphatic heterocycles. The number of pyridine rings is 1. The second-order valence-electron chi connectivity index (χ2n) is 13.5. The Hall–Kier alpha value is -3.34. The first-order valence-corrected chi connectivity index (χ1v) is 15.2. The number of H-pyrrole nitrogens is 1. The van der Waals surface area contributed by atoms with E-state index >= 15 is 0 Å². The highest BCUT2D eigenvalue weighted by Gasteiger charge is 2.51. The molecule has 0 radical (unpaired) electrons. The molecule has 1 aromatic carbocycles. The molecule has 3 aromatic rings. The van der Waals surface area contributed by atoms with Gasteiger partial charge in [-0.3, -0.25) is 4.90 Å². The fourth-order valence-corrected chi connectivity index (χ4v) is 7.65. The van der Waals surface area contributed by atoms with Crippen LogP contribution in [0.15, 0.2) is 54.9 Å². The van der Waals surface area contributed by atoms with Crippen LogP contribution in [0.3, 0.4) is 0 Å². The largest absolute Gasteiger partial charge is 0.455 e. The van der Waals surface area contributed by atoms with E-state index in [1.807, 2.05) is 18.5 Å². The molecular formula is C34H42N5O+. The lowest BCUT2D eigenvalue weighted by Gasteiger charge is -2.55. The molecule has 6 heteroatoms. The Kier molecular flexibility index (Phi) is 6.36. The molecule has 1 N–H and O–H groups in total. The summed E-state index contributed by atoms with van der Waals surface area (Å²) in [6.45, 7) is 10.4. The molecule has 3 fully saturated rings. The SMILES string of the molecule is Cc1ccc(N2CCCC3(CC2)CC(N2CCC(C)(C)CC2C2=[N+]=CC=C2)C3)cc1Oc1cnc2[nH]ccc2c1. The maximum atomic E-state index is 6.35. The molecule has 0 amide bonds. The number of fused-ring (bicyclic) bond motifs is 1. The average Bonchev–Trinajstić information content (AvgIpc) is 3.57. The van der Waals surface area contributed by atoms with E-state index in [-0.39, 0.29) is 0 Å². The number of aromatic amines is 1. The van der Waals surface area contributed by atoms with E-state index in [4.69, 9.17) is 9.40 Å². The molecule has 0 bridgehead atoms. The van der Waals surface area contributed by atoms with Crippen LogP contribution < -0.4 is 14.3 Å². The molecular weight excluding hydrogens is 494 g/mol. The zero-order valence-electron chi connectivity index (χ0n) is 24.2. The highest BCUT2D eigenvalue weighted by atomic mass is 16.5. The first kappa shape index (κ1) is 25.6. The summed E-state index contributed by atoms with van der Waals surface area (Å²) in [7, 11) is 0. The molecule has 1 spiro atoms. The normalized spacial score (nSPS) is 28.1. The fourth-order valence-electron chi connectivity index (χ4n) is 7.65. The maximum absolute atomic E-state index is 6.35. The molecule has 7 rings (SSSR count). The zero-order valence-corrected chi connectivity index (χ0v) is 24.2. The number of rotatable bonds is 5. The van der Waals surface area contributed by atoms with Gasteiger partial charge < -0.3 is 14.6 Å². The molecule has 4 aliphatic rings. The van der Waals surface area contributed by atoms with Crippen molar-refractivity contribution in [1.29, 1.82) is 0 Å². The molecule has 40 heavy (non-hydrogen) atoms. The van der Waals surface area contributed by atoms with E-state index in [2.05, 4.69) is 77.0 Å². The number of piperidine rings is 1. The molecule has 208 valence electrons. The number of ether oxygens (including phenoxy) is 1. The van der Waals surface area contributed by atoms with Gasteiger partial charge in [-0.25, -0.2) is 4.98 Å². The van der Waals surface area contributed by atoms with Crippen molar-refractivity contribution < 1.29 is 4.74 Å². The summed E-state index contributed by atoms with van der Waals surface area (Å²) in [6, 6.07) is 12.0. The van der Waals surface area contributed by atoms with Crippen LogP contribution in [0.25, 0.3) is 11.0 Å². The Balaban J connectivity index is 1.01. The number of benzene rings is 1. The van der Waals surface area contributed by atoms with Gasteiger partial charge in [-0.15, -0.1) is 0 Å². The van der Waals surface area contributed by atoms with Gasteiger partial charge >= 0.3 is 5.71 Å². The number of anilines is 1. The lowest BCUT2D eigenvalue weighted by molar-refractivity contribution is -0.0433. The van der Waals surface area contributed by atoms with Gasteiger partial charge in [0.25, 0.3) is 6.21 Å². The fraction of sp³-hybridized carbons (Fsp3) is 0.500. The molecule has 2 saturated heterocycles. The summed E-state index contributed by atoms with van der Waals surface area (Å²) < 4.78 is 11.1. The Bertz CT molecular complexity index is 1500. The number of aryl methyl sites for hydroxylation is 1. The maximum Gasteiger partial charge on any atom is 0.321 e. The van der Waals surface area contributed by atoms with E-state index in [1.165, 1.54) is 62.9 Å². The predicted octanol–water partition coefficient (Wildman–Crippen LogP) is 6.44. The van der Waals surface area contributed by atoms with Gasteiger partial charge in [-0.1, -0.05) is 24.6 Å². The standard InChI is InChI=1S/C34H42N5O/c1-24-7-8-26(19-31(24)40-28-18-25-9-14-36-32(25)37-23-28)38-15-5-10-34(12-16-38)20-27(21-34)39-17-11-33(2,3)22-30(39)29-6-4-13-35-29/h4,6-9,13-14,18-19,23,27,30H,5,10-12,15-17,20-22H2,1-3H3,(H,36,37)/q+1. The molecule has 1 atom stereocenters. The van der Waals surface area contributed by atoms with Crippen LogP contribution in [0.4, 0.5) is 5.69 Å². The third kappa shape index (κ3) is 4.88. The van der Waals surface area contributed by atoms with Gasteiger partial charge in [0.1, 0.15) is 23.2 Å². The summed E-state index contributed by atoms with van der Waals surface area (Å²) in [6.07, 6.45) is 19.1. The van der Waals surface area contributed by atoms with E-state index < -0.39 is 0 Å². The van der Waals surface area contributed by atoms with Gasteiger partial charge in [0.15, 0.2) is 0 Å². The number of likely N-dealkylation sites (tertiary alicyclic amines) is 1. The number of nitrogens with zero attached hydrogens (tertiary/aromatic N) is 4. The van der Waals surface area contributed by atoms with Crippen LogP contribution in [-0.4, -0.2) is 58.5 Å². The molecule has 5 heterocycles. The van der Waals surface area contributed by atoms with Crippen LogP contribution in [0.2, 0.25) is 0 Å². The first-order chi connectivity index (χ1) is 19.4. The molecule has 6 nitrogen and oxygen atoms in total. The predicted molar refractivity (Wildman–Crippen MR) is 165 cm³/mol. The summed E-state index contributed by atoms with van der Waals surface area (Å²) in [5.41, 5.74) is 5.47. The van der Waals surface area contributed by atoms with E-state index in [0.717, 1.165) is 41.2 Å². The van der Waals surface area contributed by atoms with Crippen molar-refractivity contribution in [3.8, 4) is 11.5 Å². The average molecular weight is 537 g/mol. The van der Waals surface area contributed by atoms with Gasteiger partial charge in [-0.2, -0.15) is 0 Å². The second kappa shape index (κ2) is 9.94. The topological polar surface area (TPSA) is 58.5 Å². The smallest absolute Gasteiger partial charge is 0.321 e. The summed E-state index contributed by atoms with van der Waals surface area (Å²) >= 11 is 0. The van der Waals surface area contributed by atoms with Crippen LogP contribution in [0.1, 0.15) is 64.4 Å². The van der Waals surface area contributed by atoms with Crippen molar-refractivity contribution in [2.24, 2.45) is 10.8 Å². The molecule has 2 aromatic heterocycles. The Morgan fingerprint density at radius 2 is 1.93 bits per heavy atom. The van der Waals surface area contributed by atoms with Gasteiger partial charge in [-0.05, 0) is 93.0 Å². The van der Waals surface area contributed by atoms with Gasteiger partial charge in [0.2, 0.25) is 0 Å². The lowest BCUT2D eigenvalue weighted by Crippen LogP contribution is -2.59. The van der Waals surface area contributed by atoms with Crippen molar-refractivity contribution in [3.05, 3.63) is 60.4 Å². The lowest BCUT2D eigenvalue weighted by atomic mass is 9.60. The molecule has 1 saturated carbocycles. The number of aromatic nitrogens is 2. The summed E-state index contributed by atoms with van der Waals surface area (Å²) in [5.74, 6) is 1.69. The monoisotopic (exact) mass is 536 g/mol. The second-order valence-corrected chi connectivity index (χ2v) is 13.5. The van der Waals surface area contributed by atoms with E-state index in [1.54, 1.807) is 6.20 Å². The minimum Gasteiger partial charge on any atom is -0.455 e. The Labute approximate surface area is 237 Å². The van der Waals surface area contributed by atoms with Crippen molar-refractivity contribution in [1.82, 2.24) is 19.5 Å². The zero-order chi connectivity index (χ0) is 27.3. The minimum atomic E-state index is 0.395. The van der Waals surface area contributed by atoms with Crippen molar-refractivity contribution in [3.63, 3.8) is 0 Å². The first-order valence-electron chi connectivity index (χ1n) is 15.2. The number of hydrogen-bond acceptors (Lipinski definition) is 4. The highest BCUT2D eigenvalue weighted by Crippen LogP contribution is 2.53. The van der Waals surface area contributed by atoms with Crippen LogP contribution in [0, 0.1) is 17.8 Å². The minimum absolute atomic E-state index is 0.395. The van der Waals surface area contributed by atoms with Crippen molar-refractivity contribution >= 4 is 28.6 Å². The van der Waals surface area contributed by atoms with Crippen molar-refractivity contribution in [2.75, 3.05) is 24.5 Å². The molecule has 1 unspecified atom stereocenters. The van der Waals surface area contributed by atoms with Gasteiger partial charge in [0, 0.05) is 54.6 Å². The molecule has 1 aliphatic carbocycles. The van der Waals surface area contributed by atoms with Crippen LogP contribution in [0.5, 0.6) is 11.5 Å². The van der Waals surface area contributed by atoms with E-state index in [9.17, 15) is 0 Å². The number of nitrogens with one attached hydrogen (secondary N) is 1. The summed E-state index contributed by atoms with van der Waals surface area (Å²) in [4.78, 5) is 13.1. The number of hydrogen-bond donors (Lipinski definition) is 1. The van der Waals surface area contributed by atoms with Crippen molar-refractivity contribution in [2.45, 2.75) is 77.8 Å². The third-order valence-corrected chi connectivity index (χ3v) is 10.1. The van der Waals surface area contributed by atoms with Crippen LogP contribution >= 0.6 is 0 Å². The van der Waals surface area contributed by atoms with E-state index in [0.29, 0.717) is 22.9 Å². The Morgan fingerprint density at radius 1 is 1.02 bits per heavy atom. The highest BCUT2D eigenvalue weighted by molar-refractivity contribution is 6.06. The Morgan fingerprint density at radius 3 is 2.77 bits per heavy atom. The summed E-state index contributed by atoms with van der Waals surface area (Å²) in [5, 5.41) is 1.06. The number of allylic oxidation sites excluding steroid dienone is 1.